The molecule has 2 aliphatic heterocycles. The van der Waals surface area contributed by atoms with E-state index < -0.39 is 177 Å². The van der Waals surface area contributed by atoms with E-state index in [0.29, 0.717) is 13.2 Å². The molecule has 0 aromatic heterocycles. The number of rotatable bonds is 20. The molecule has 5 aliphatic rings. The molecule has 2 spiro atoms. The largest absolute Gasteiger partial charge is 0.460 e. The van der Waals surface area contributed by atoms with Gasteiger partial charge < -0.3 is 18.9 Å². The Balaban J connectivity index is 0.000000463. The lowest BCUT2D eigenvalue weighted by Gasteiger charge is -2.37. The highest BCUT2D eigenvalue weighted by Gasteiger charge is 2.84. The van der Waals surface area contributed by atoms with Gasteiger partial charge in [0.2, 0.25) is 0 Å². The van der Waals surface area contributed by atoms with Crippen LogP contribution in [0.25, 0.3) is 0 Å². The standard InChI is InChI=1S/C16H18F9NO4S.C16H16F9NO4S.C14H14F9NO3S.CH4/c2*17-13(18,14(19,20)15(21,22)16(23,24)25)5-8-31(27,28)11(9-26)10-1-3-12(4-2-10)29-6-7-30-12;15-11(16,12(17,18)13(19,20)14(21,22)23)5-6-28(26,27)10(7-24)8-1-3-9(25)4-2-8;/h10-11H,1-8H2;1-8H2;8,10H,1-6H2;1H4. The van der Waals surface area contributed by atoms with Crippen molar-refractivity contribution in [3.63, 3.8) is 0 Å². The summed E-state index contributed by atoms with van der Waals surface area (Å²) in [6.07, 6.45) is -28.4. The smallest absolute Gasteiger partial charge is 0.348 e. The zero-order valence-corrected chi connectivity index (χ0v) is 47.6. The minimum Gasteiger partial charge on any atom is -0.348 e. The van der Waals surface area contributed by atoms with Gasteiger partial charge in [0.15, 0.2) is 51.6 Å². The topological polar surface area (TPSA) is 228 Å². The first kappa shape index (κ1) is 82.8. The average Bonchev–Trinajstić information content (AvgIpc) is 1.35. The molecule has 2 heterocycles. The van der Waals surface area contributed by atoms with Crippen LogP contribution in [0.1, 0.15) is 104 Å². The van der Waals surface area contributed by atoms with Crippen LogP contribution in [0.4, 0.5) is 119 Å². The molecular formula is C47H52F27N3O11S3. The Morgan fingerprint density at radius 2 is 0.703 bits per heavy atom. The molecule has 0 amide bonds. The maximum absolute atomic E-state index is 13.7. The van der Waals surface area contributed by atoms with E-state index in [9.17, 15) is 154 Å². The number of carbonyl (C=O) groups is 1. The highest BCUT2D eigenvalue weighted by molar-refractivity contribution is 7.95. The Hall–Kier alpha value is -4.32. The summed E-state index contributed by atoms with van der Waals surface area (Å²) in [7, 11) is -14.7. The molecular weight excluding hydrogens is 1390 g/mol. The third-order valence-electron chi connectivity index (χ3n) is 15.0. The van der Waals surface area contributed by atoms with Crippen molar-refractivity contribution >= 4 is 35.3 Å². The van der Waals surface area contributed by atoms with Crippen LogP contribution < -0.4 is 0 Å². The van der Waals surface area contributed by atoms with Crippen LogP contribution in [0.2, 0.25) is 0 Å². The maximum Gasteiger partial charge on any atom is 0.460 e. The normalized spacial score (nSPS) is 21.3. The zero-order valence-electron chi connectivity index (χ0n) is 45.1. The second-order valence-corrected chi connectivity index (χ2v) is 27.5. The van der Waals surface area contributed by atoms with Gasteiger partial charge >= 0.3 is 71.8 Å². The van der Waals surface area contributed by atoms with Gasteiger partial charge in [-0.2, -0.15) is 134 Å². The van der Waals surface area contributed by atoms with Gasteiger partial charge in [-0.15, -0.1) is 0 Å². The summed E-state index contributed by atoms with van der Waals surface area (Å²) in [6, 6.07) is 3.96. The third kappa shape index (κ3) is 17.4. The number of alkyl halides is 27. The first-order valence-corrected chi connectivity index (χ1v) is 30.6. The van der Waals surface area contributed by atoms with Crippen molar-refractivity contribution in [1.82, 2.24) is 0 Å². The van der Waals surface area contributed by atoms with E-state index in [1.807, 2.05) is 0 Å². The number of nitrogens with zero attached hydrogens (tertiary/aromatic N) is 3. The van der Waals surface area contributed by atoms with Gasteiger partial charge in [-0.3, -0.25) is 4.79 Å². The van der Waals surface area contributed by atoms with Crippen molar-refractivity contribution in [1.29, 1.82) is 15.8 Å². The number of halogens is 27. The summed E-state index contributed by atoms with van der Waals surface area (Å²) in [5, 5.41) is 23.4. The van der Waals surface area contributed by atoms with E-state index in [1.54, 1.807) is 0 Å². The van der Waals surface area contributed by atoms with Crippen LogP contribution in [-0.4, -0.2) is 169 Å². The first-order chi connectivity index (χ1) is 40.3. The lowest BCUT2D eigenvalue weighted by Crippen LogP contribution is -2.61. The number of hydrogen-bond donors (Lipinski definition) is 0. The van der Waals surface area contributed by atoms with Crippen LogP contribution >= 0.6 is 0 Å². The Kier molecular flexibility index (Phi) is 25.6. The van der Waals surface area contributed by atoms with E-state index in [0.717, 1.165) is 0 Å². The molecule has 5 fully saturated rings. The Morgan fingerprint density at radius 3 is 0.978 bits per heavy atom. The molecule has 44 heteroatoms. The van der Waals surface area contributed by atoms with Crippen molar-refractivity contribution in [3.05, 3.63) is 10.5 Å². The number of carbonyl (C=O) groups excluding carboxylic acids is 1. The van der Waals surface area contributed by atoms with E-state index in [1.165, 1.54) is 18.2 Å². The van der Waals surface area contributed by atoms with Crippen molar-refractivity contribution < 1.29 is 168 Å². The second-order valence-electron chi connectivity index (χ2n) is 20.9. The van der Waals surface area contributed by atoms with Crippen LogP contribution in [0.5, 0.6) is 0 Å². The summed E-state index contributed by atoms with van der Waals surface area (Å²) in [4.78, 5) is 10.1. The van der Waals surface area contributed by atoms with Crippen molar-refractivity contribution in [2.24, 2.45) is 11.8 Å². The van der Waals surface area contributed by atoms with Gasteiger partial charge in [0, 0.05) is 57.8 Å². The molecule has 0 aromatic rings. The van der Waals surface area contributed by atoms with E-state index in [-0.39, 0.29) is 109 Å². The molecule has 0 bridgehead atoms. The second kappa shape index (κ2) is 28.2. The number of allylic oxidation sites excluding steroid dienone is 2. The first-order valence-electron chi connectivity index (χ1n) is 25.5. The molecule has 0 N–H and O–H groups in total. The van der Waals surface area contributed by atoms with E-state index >= 15 is 0 Å². The van der Waals surface area contributed by atoms with Gasteiger partial charge in [-0.05, 0) is 55.9 Å². The number of ether oxygens (including phenoxy) is 4. The SMILES string of the molecule is C.N#CC(=C1CCC2(CC1)OCCO2)S(=O)(=O)CCC(F)(F)C(F)(F)C(F)(F)C(F)(F)F.N#CC(C1CCC(=O)CC1)S(=O)(=O)CCC(F)(F)C(F)(F)C(F)(F)C(F)(F)F.N#CC(C1CCC2(CC1)OCCO2)S(=O)(=O)CCC(F)(F)C(F)(F)C(F)(F)C(F)(F)F. The average molecular weight is 1440 g/mol. The number of hydrogen-bond acceptors (Lipinski definition) is 14. The van der Waals surface area contributed by atoms with Crippen LogP contribution in [-0.2, 0) is 53.3 Å². The van der Waals surface area contributed by atoms with Crippen LogP contribution in [0.15, 0.2) is 10.5 Å². The van der Waals surface area contributed by atoms with Crippen molar-refractivity contribution in [3.8, 4) is 18.2 Å². The summed E-state index contributed by atoms with van der Waals surface area (Å²) < 4.78 is 442. The van der Waals surface area contributed by atoms with Gasteiger partial charge in [0.25, 0.3) is 0 Å². The van der Waals surface area contributed by atoms with Gasteiger partial charge in [-0.1, -0.05) is 7.43 Å². The summed E-state index contributed by atoms with van der Waals surface area (Å²) in [5.74, 6) is -69.9. The highest BCUT2D eigenvalue weighted by Crippen LogP contribution is 2.57. The third-order valence-corrected chi connectivity index (χ3v) is 20.8. The van der Waals surface area contributed by atoms with Crippen LogP contribution in [0.3, 0.4) is 0 Å². The lowest BCUT2D eigenvalue weighted by atomic mass is 9.83. The molecule has 3 aliphatic carbocycles. The summed E-state index contributed by atoms with van der Waals surface area (Å²) >= 11 is 0. The zero-order chi connectivity index (χ0) is 70.0. The molecule has 2 unspecified atom stereocenters. The predicted molar refractivity (Wildman–Crippen MR) is 253 cm³/mol. The molecule has 0 radical (unpaired) electrons. The number of Topliss-reactive ketones (excluding diaryl/α,β-unsaturated/α-hetero) is 1. The van der Waals surface area contributed by atoms with Gasteiger partial charge in [0.05, 0.1) is 55.8 Å². The minimum absolute atomic E-state index is 0. The molecule has 3 saturated carbocycles. The highest BCUT2D eigenvalue weighted by atomic mass is 32.2. The Bertz CT molecular complexity index is 3020. The fraction of sp³-hybridized carbons (Fsp3) is 0.872. The summed E-state index contributed by atoms with van der Waals surface area (Å²) in [5.41, 5.74) is -0.0251. The van der Waals surface area contributed by atoms with Gasteiger partial charge in [0.1, 0.15) is 16.8 Å². The number of nitriles is 3. The molecule has 528 valence electrons. The molecule has 2 saturated heterocycles. The number of ketones is 1. The number of sulfone groups is 3. The molecule has 5 rings (SSSR count). The van der Waals surface area contributed by atoms with Crippen LogP contribution in [0, 0.1) is 45.8 Å². The lowest BCUT2D eigenvalue weighted by molar-refractivity contribution is -0.396. The molecule has 2 atom stereocenters. The molecule has 0 aromatic carbocycles. The van der Waals surface area contributed by atoms with E-state index in [2.05, 4.69) is 0 Å². The fourth-order valence-corrected chi connectivity index (χ4v) is 14.7. The molecule has 91 heavy (non-hydrogen) atoms. The monoisotopic (exact) mass is 1440 g/mol. The van der Waals surface area contributed by atoms with Gasteiger partial charge in [-0.25, -0.2) is 25.3 Å². The minimum atomic E-state index is -7.11. The van der Waals surface area contributed by atoms with Crippen molar-refractivity contribution in [2.75, 3.05) is 43.7 Å². The fourth-order valence-electron chi connectivity index (χ4n) is 9.56. The summed E-state index contributed by atoms with van der Waals surface area (Å²) in [6.45, 7) is 1.18. The Labute approximate surface area is 499 Å². The predicted octanol–water partition coefficient (Wildman–Crippen LogP) is 13.0. The van der Waals surface area contributed by atoms with Crippen molar-refractivity contribution in [2.45, 2.75) is 198 Å². The Morgan fingerprint density at radius 1 is 0.429 bits per heavy atom. The molecule has 14 nitrogen and oxygen atoms in total. The van der Waals surface area contributed by atoms with E-state index in [4.69, 9.17) is 29.5 Å². The quantitative estimate of drug-likeness (QED) is 0.0816. The maximum atomic E-state index is 13.7.